The van der Waals surface area contributed by atoms with E-state index < -0.39 is 28.4 Å². The molecule has 11 heteroatoms. The molecular formula is C18H16F3N5O2S. The molecule has 0 saturated carbocycles. The lowest BCUT2D eigenvalue weighted by Crippen LogP contribution is -2.11. The second-order valence-electron chi connectivity index (χ2n) is 5.35. The van der Waals surface area contributed by atoms with Crippen LogP contribution >= 0.6 is 0 Å². The number of nitrogens with zero attached hydrogens (tertiary/aromatic N) is 4. The van der Waals surface area contributed by atoms with Gasteiger partial charge >= 0.3 is 6.18 Å². The normalized spacial score (nSPS) is 12.3. The first kappa shape index (κ1) is 20.5. The van der Waals surface area contributed by atoms with E-state index in [-0.39, 0.29) is 17.3 Å². The molecule has 0 aliphatic rings. The predicted molar refractivity (Wildman–Crippen MR) is 101 cm³/mol. The van der Waals surface area contributed by atoms with Gasteiger partial charge < -0.3 is 4.42 Å². The highest BCUT2D eigenvalue weighted by atomic mass is 32.2. The van der Waals surface area contributed by atoms with Crippen molar-refractivity contribution in [2.75, 3.05) is 4.72 Å². The number of nitrogens with one attached hydrogen (secondary N) is 1. The van der Waals surface area contributed by atoms with Crippen molar-refractivity contribution in [2.24, 2.45) is 0 Å². The van der Waals surface area contributed by atoms with Gasteiger partial charge in [-0.3, -0.25) is 9.71 Å². The molecule has 4 aromatic rings. The SMILES string of the molecule is CC.O=S(Nc1cc(-c2ccco2)nc2c(C(F)(F)F)cnn12)c1cccnc1. The second-order valence-corrected chi connectivity index (χ2v) is 6.57. The van der Waals surface area contributed by atoms with Gasteiger partial charge in [-0.25, -0.2) is 9.19 Å². The molecule has 0 aliphatic heterocycles. The third kappa shape index (κ3) is 4.29. The molecule has 1 atom stereocenters. The molecule has 0 fully saturated rings. The van der Waals surface area contributed by atoms with E-state index in [0.717, 1.165) is 4.52 Å². The number of hydrogen-bond acceptors (Lipinski definition) is 5. The molecule has 4 rings (SSSR count). The van der Waals surface area contributed by atoms with E-state index in [1.165, 1.54) is 24.7 Å². The van der Waals surface area contributed by atoms with Crippen LogP contribution in [-0.4, -0.2) is 23.8 Å². The van der Waals surface area contributed by atoms with Gasteiger partial charge in [0.15, 0.2) is 22.4 Å². The van der Waals surface area contributed by atoms with Gasteiger partial charge in [-0.05, 0) is 24.3 Å². The van der Waals surface area contributed by atoms with Crippen molar-refractivity contribution < 1.29 is 21.8 Å². The molecule has 0 bridgehead atoms. The molecule has 0 amide bonds. The fraction of sp³-hybridized carbons (Fsp3) is 0.167. The topological polar surface area (TPSA) is 85.3 Å². The van der Waals surface area contributed by atoms with Crippen LogP contribution in [0.15, 0.2) is 64.5 Å². The average Bonchev–Trinajstić information content (AvgIpc) is 3.39. The molecule has 29 heavy (non-hydrogen) atoms. The lowest BCUT2D eigenvalue weighted by molar-refractivity contribution is -0.136. The lowest BCUT2D eigenvalue weighted by Gasteiger charge is -2.10. The number of aromatic nitrogens is 4. The van der Waals surface area contributed by atoms with Crippen molar-refractivity contribution >= 4 is 22.5 Å². The third-order valence-corrected chi connectivity index (χ3v) is 4.66. The molecule has 1 unspecified atom stereocenters. The van der Waals surface area contributed by atoms with Gasteiger partial charge in [-0.15, -0.1) is 0 Å². The van der Waals surface area contributed by atoms with Crippen molar-refractivity contribution in [1.82, 2.24) is 19.6 Å². The zero-order chi connectivity index (χ0) is 21.0. The Kier molecular flexibility index (Phi) is 5.97. The molecule has 4 heterocycles. The van der Waals surface area contributed by atoms with Crippen LogP contribution in [0.5, 0.6) is 0 Å². The Morgan fingerprint density at radius 3 is 2.59 bits per heavy atom. The summed E-state index contributed by atoms with van der Waals surface area (Å²) in [5, 5.41) is 3.75. The smallest absolute Gasteiger partial charge is 0.421 e. The lowest BCUT2D eigenvalue weighted by atomic mass is 10.3. The molecule has 4 aromatic heterocycles. The fourth-order valence-corrected chi connectivity index (χ4v) is 3.21. The zero-order valence-electron chi connectivity index (χ0n) is 15.3. The van der Waals surface area contributed by atoms with Gasteiger partial charge in [0, 0.05) is 18.5 Å². The maximum absolute atomic E-state index is 13.3. The largest absolute Gasteiger partial charge is 0.463 e. The summed E-state index contributed by atoms with van der Waals surface area (Å²) >= 11 is 0. The summed E-state index contributed by atoms with van der Waals surface area (Å²) in [6.07, 6.45) is 0.314. The van der Waals surface area contributed by atoms with E-state index in [1.54, 1.807) is 24.3 Å². The Bertz CT molecular complexity index is 1110. The summed E-state index contributed by atoms with van der Waals surface area (Å²) in [7, 11) is -1.77. The third-order valence-electron chi connectivity index (χ3n) is 3.60. The quantitative estimate of drug-likeness (QED) is 0.520. The van der Waals surface area contributed by atoms with Crippen molar-refractivity contribution in [3.05, 3.63) is 60.7 Å². The molecule has 7 nitrogen and oxygen atoms in total. The van der Waals surface area contributed by atoms with E-state index in [9.17, 15) is 17.4 Å². The molecule has 0 radical (unpaired) electrons. The Morgan fingerprint density at radius 2 is 1.97 bits per heavy atom. The number of hydrogen-bond donors (Lipinski definition) is 1. The maximum atomic E-state index is 13.3. The summed E-state index contributed by atoms with van der Waals surface area (Å²) < 4.78 is 61.2. The molecule has 0 saturated heterocycles. The number of alkyl halides is 3. The van der Waals surface area contributed by atoms with E-state index in [2.05, 4.69) is 19.8 Å². The summed E-state index contributed by atoms with van der Waals surface area (Å²) in [6, 6.07) is 7.73. The Labute approximate surface area is 166 Å². The van der Waals surface area contributed by atoms with Crippen molar-refractivity contribution in [3.8, 4) is 11.5 Å². The van der Waals surface area contributed by atoms with Gasteiger partial charge in [-0.2, -0.15) is 22.8 Å². The highest BCUT2D eigenvalue weighted by Crippen LogP contribution is 2.34. The Hall–Kier alpha value is -3.21. The van der Waals surface area contributed by atoms with Gasteiger partial charge in [0.05, 0.1) is 17.4 Å². The minimum Gasteiger partial charge on any atom is -0.463 e. The van der Waals surface area contributed by atoms with Crippen LogP contribution in [0.4, 0.5) is 19.0 Å². The summed E-state index contributed by atoms with van der Waals surface area (Å²) in [6.45, 7) is 4.00. The minimum absolute atomic E-state index is 0.0593. The first-order chi connectivity index (χ1) is 13.9. The maximum Gasteiger partial charge on any atom is 0.421 e. The molecule has 0 spiro atoms. The second kappa shape index (κ2) is 8.43. The standard InChI is InChI=1S/C16H10F3N5O2S.C2H6/c17-16(18,19)11-9-21-24-14(23-27(25)10-3-1-5-20-8-10)7-12(22-15(11)24)13-4-2-6-26-13;1-2/h1-9,23H;1-2H3. The number of fused-ring (bicyclic) bond motifs is 1. The average molecular weight is 423 g/mol. The summed E-state index contributed by atoms with van der Waals surface area (Å²) in [4.78, 5) is 8.24. The highest BCUT2D eigenvalue weighted by molar-refractivity contribution is 7.86. The monoisotopic (exact) mass is 423 g/mol. The number of rotatable bonds is 4. The molecule has 0 aliphatic carbocycles. The van der Waals surface area contributed by atoms with E-state index >= 15 is 0 Å². The van der Waals surface area contributed by atoms with Crippen molar-refractivity contribution in [1.29, 1.82) is 0 Å². The summed E-state index contributed by atoms with van der Waals surface area (Å²) in [5.41, 5.74) is -1.29. The van der Waals surface area contributed by atoms with Crippen molar-refractivity contribution in [3.63, 3.8) is 0 Å². The van der Waals surface area contributed by atoms with Crippen LogP contribution in [0.3, 0.4) is 0 Å². The number of halogens is 3. The van der Waals surface area contributed by atoms with E-state index in [1.807, 2.05) is 13.8 Å². The number of furan rings is 1. The fourth-order valence-electron chi connectivity index (χ4n) is 2.40. The van der Waals surface area contributed by atoms with Crippen LogP contribution < -0.4 is 4.72 Å². The predicted octanol–water partition coefficient (Wildman–Crippen LogP) is 4.56. The van der Waals surface area contributed by atoms with Crippen LogP contribution in [0, 0.1) is 0 Å². The molecule has 1 N–H and O–H groups in total. The molecule has 152 valence electrons. The van der Waals surface area contributed by atoms with Gasteiger partial charge in [0.2, 0.25) is 0 Å². The number of anilines is 1. The van der Waals surface area contributed by atoms with E-state index in [0.29, 0.717) is 11.1 Å². The van der Waals surface area contributed by atoms with Gasteiger partial charge in [-0.1, -0.05) is 13.8 Å². The minimum atomic E-state index is -4.64. The number of pyridine rings is 1. The van der Waals surface area contributed by atoms with Crippen molar-refractivity contribution in [2.45, 2.75) is 24.9 Å². The highest BCUT2D eigenvalue weighted by Gasteiger charge is 2.36. The molecular weight excluding hydrogens is 407 g/mol. The van der Waals surface area contributed by atoms with Gasteiger partial charge in [0.1, 0.15) is 17.1 Å². The molecule has 0 aromatic carbocycles. The van der Waals surface area contributed by atoms with Gasteiger partial charge in [0.25, 0.3) is 0 Å². The van der Waals surface area contributed by atoms with Crippen LogP contribution in [0.25, 0.3) is 17.1 Å². The zero-order valence-corrected chi connectivity index (χ0v) is 16.2. The van der Waals surface area contributed by atoms with Crippen LogP contribution in [-0.2, 0) is 17.2 Å². The summed E-state index contributed by atoms with van der Waals surface area (Å²) in [5.74, 6) is 0.325. The first-order valence-corrected chi connectivity index (χ1v) is 9.67. The van der Waals surface area contributed by atoms with Crippen LogP contribution in [0.2, 0.25) is 0 Å². The van der Waals surface area contributed by atoms with Crippen LogP contribution in [0.1, 0.15) is 19.4 Å². The first-order valence-electron chi connectivity index (χ1n) is 8.52. The van der Waals surface area contributed by atoms with E-state index in [4.69, 9.17) is 4.42 Å². The Balaban J connectivity index is 0.00000117. The Morgan fingerprint density at radius 1 is 1.17 bits per heavy atom.